The highest BCUT2D eigenvalue weighted by atomic mass is 15.0. The first-order valence-corrected chi connectivity index (χ1v) is 8.63. The summed E-state index contributed by atoms with van der Waals surface area (Å²) in [6.07, 6.45) is 0. The van der Waals surface area contributed by atoms with Gasteiger partial charge in [0, 0.05) is 22.0 Å². The van der Waals surface area contributed by atoms with Crippen LogP contribution in [0.4, 0.5) is 5.82 Å². The van der Waals surface area contributed by atoms with Gasteiger partial charge in [-0.25, -0.2) is 4.98 Å². The van der Waals surface area contributed by atoms with E-state index in [1.165, 1.54) is 21.8 Å². The lowest BCUT2D eigenvalue weighted by molar-refractivity contribution is 1.18. The molecular weight excluding hydrogens is 318 g/mol. The van der Waals surface area contributed by atoms with E-state index in [4.69, 9.17) is 5.73 Å². The Labute approximate surface area is 151 Å². The third-order valence-electron chi connectivity index (χ3n) is 4.77. The zero-order valence-corrected chi connectivity index (χ0v) is 14.1. The number of pyridine rings is 1. The Bertz CT molecular complexity index is 1180. The molecule has 0 unspecified atom stereocenters. The highest BCUT2D eigenvalue weighted by Crippen LogP contribution is 2.32. The summed E-state index contributed by atoms with van der Waals surface area (Å²) in [6, 6.07) is 31.2. The molecule has 0 spiro atoms. The van der Waals surface area contributed by atoms with E-state index in [1.807, 2.05) is 12.1 Å². The number of hydrogen-bond donors (Lipinski definition) is 1. The fourth-order valence-electron chi connectivity index (χ4n) is 3.59. The lowest BCUT2D eigenvalue weighted by Crippen LogP contribution is -1.94. The minimum atomic E-state index is 0.536. The Kier molecular flexibility index (Phi) is 3.25. The van der Waals surface area contributed by atoms with E-state index in [0.717, 1.165) is 16.9 Å². The molecule has 5 aromatic rings. The summed E-state index contributed by atoms with van der Waals surface area (Å²) in [5.74, 6) is 0.536. The van der Waals surface area contributed by atoms with Gasteiger partial charge in [0.05, 0.1) is 16.7 Å². The summed E-state index contributed by atoms with van der Waals surface area (Å²) >= 11 is 0. The fourth-order valence-corrected chi connectivity index (χ4v) is 3.59. The maximum Gasteiger partial charge on any atom is 0.124 e. The molecule has 3 aromatic carbocycles. The zero-order chi connectivity index (χ0) is 17.5. The standard InChI is InChI=1S/C23H17N3/c24-23-11-5-8-20(25-23)16-12-14-17(15-13-16)26-21-9-3-1-6-18(21)19-7-2-4-10-22(19)26/h1-15H,(H2,24,25). The molecule has 26 heavy (non-hydrogen) atoms. The molecule has 3 heteroatoms. The highest BCUT2D eigenvalue weighted by molar-refractivity contribution is 6.09. The van der Waals surface area contributed by atoms with Crippen molar-refractivity contribution in [1.82, 2.24) is 9.55 Å². The maximum atomic E-state index is 5.81. The van der Waals surface area contributed by atoms with E-state index >= 15 is 0 Å². The second-order valence-electron chi connectivity index (χ2n) is 6.36. The van der Waals surface area contributed by atoms with Crippen molar-refractivity contribution in [3.8, 4) is 16.9 Å². The first kappa shape index (κ1) is 14.7. The molecule has 0 bridgehead atoms. The number of nitrogen functional groups attached to an aromatic ring is 1. The molecule has 0 saturated carbocycles. The van der Waals surface area contributed by atoms with E-state index in [-0.39, 0.29) is 0 Å². The summed E-state index contributed by atoms with van der Waals surface area (Å²) in [6.45, 7) is 0. The van der Waals surface area contributed by atoms with Crippen molar-refractivity contribution < 1.29 is 0 Å². The molecule has 0 saturated heterocycles. The molecule has 0 fully saturated rings. The minimum absolute atomic E-state index is 0.536. The molecule has 2 N–H and O–H groups in total. The third-order valence-corrected chi connectivity index (χ3v) is 4.77. The average molecular weight is 335 g/mol. The number of fused-ring (bicyclic) bond motifs is 3. The van der Waals surface area contributed by atoms with E-state index in [2.05, 4.69) is 82.3 Å². The van der Waals surface area contributed by atoms with Gasteiger partial charge in [0.1, 0.15) is 5.82 Å². The number of hydrogen-bond acceptors (Lipinski definition) is 2. The minimum Gasteiger partial charge on any atom is -0.384 e. The Balaban J connectivity index is 1.70. The second-order valence-corrected chi connectivity index (χ2v) is 6.36. The second kappa shape index (κ2) is 5.74. The quantitative estimate of drug-likeness (QED) is 0.467. The van der Waals surface area contributed by atoms with Gasteiger partial charge >= 0.3 is 0 Å². The third kappa shape index (κ3) is 2.25. The van der Waals surface area contributed by atoms with Crippen molar-refractivity contribution in [3.63, 3.8) is 0 Å². The van der Waals surface area contributed by atoms with Gasteiger partial charge in [-0.3, -0.25) is 0 Å². The van der Waals surface area contributed by atoms with Gasteiger partial charge in [-0.05, 0) is 36.4 Å². The molecule has 0 amide bonds. The number of nitrogens with zero attached hydrogens (tertiary/aromatic N) is 2. The van der Waals surface area contributed by atoms with Crippen LogP contribution in [-0.2, 0) is 0 Å². The van der Waals surface area contributed by atoms with Gasteiger partial charge < -0.3 is 10.3 Å². The van der Waals surface area contributed by atoms with Crippen LogP contribution in [-0.4, -0.2) is 9.55 Å². The van der Waals surface area contributed by atoms with Crippen molar-refractivity contribution >= 4 is 27.6 Å². The predicted molar refractivity (Wildman–Crippen MR) is 108 cm³/mol. The van der Waals surface area contributed by atoms with Gasteiger partial charge in [0.25, 0.3) is 0 Å². The number of rotatable bonds is 2. The maximum absolute atomic E-state index is 5.81. The average Bonchev–Trinajstić information content (AvgIpc) is 3.03. The summed E-state index contributed by atoms with van der Waals surface area (Å²) in [5, 5.41) is 2.54. The van der Waals surface area contributed by atoms with E-state index in [0.29, 0.717) is 5.82 Å². The predicted octanol–water partition coefficient (Wildman–Crippen LogP) is 5.43. The van der Waals surface area contributed by atoms with Crippen LogP contribution in [0.25, 0.3) is 38.8 Å². The summed E-state index contributed by atoms with van der Waals surface area (Å²) in [5.41, 5.74) is 11.3. The van der Waals surface area contributed by atoms with Gasteiger partial charge in [-0.15, -0.1) is 0 Å². The van der Waals surface area contributed by atoms with Gasteiger partial charge in [-0.1, -0.05) is 54.6 Å². The van der Waals surface area contributed by atoms with Crippen LogP contribution in [0.3, 0.4) is 0 Å². The molecule has 0 radical (unpaired) electrons. The van der Waals surface area contributed by atoms with E-state index in [1.54, 1.807) is 6.07 Å². The van der Waals surface area contributed by atoms with Crippen molar-refractivity contribution in [2.24, 2.45) is 0 Å². The molecule has 0 aliphatic carbocycles. The van der Waals surface area contributed by atoms with E-state index < -0.39 is 0 Å². The molecule has 124 valence electrons. The number of para-hydroxylation sites is 2. The molecular formula is C23H17N3. The summed E-state index contributed by atoms with van der Waals surface area (Å²) in [7, 11) is 0. The van der Waals surface area contributed by atoms with Crippen molar-refractivity contribution in [2.75, 3.05) is 5.73 Å². The normalized spacial score (nSPS) is 11.2. The highest BCUT2D eigenvalue weighted by Gasteiger charge is 2.11. The van der Waals surface area contributed by atoms with Crippen LogP contribution in [0.2, 0.25) is 0 Å². The van der Waals surface area contributed by atoms with Crippen LogP contribution >= 0.6 is 0 Å². The Morgan fingerprint density at radius 3 is 1.85 bits per heavy atom. The number of benzene rings is 3. The molecule has 5 rings (SSSR count). The Morgan fingerprint density at radius 2 is 1.23 bits per heavy atom. The van der Waals surface area contributed by atoms with Crippen molar-refractivity contribution in [2.45, 2.75) is 0 Å². The Morgan fingerprint density at radius 1 is 0.615 bits per heavy atom. The molecule has 0 atom stereocenters. The molecule has 0 aliphatic heterocycles. The molecule has 0 aliphatic rings. The van der Waals surface area contributed by atoms with Crippen LogP contribution in [0, 0.1) is 0 Å². The fraction of sp³-hybridized carbons (Fsp3) is 0. The largest absolute Gasteiger partial charge is 0.384 e. The van der Waals surface area contributed by atoms with Gasteiger partial charge in [0.2, 0.25) is 0 Å². The summed E-state index contributed by atoms with van der Waals surface area (Å²) < 4.78 is 2.31. The lowest BCUT2D eigenvalue weighted by Gasteiger charge is -2.09. The first-order chi connectivity index (χ1) is 12.8. The van der Waals surface area contributed by atoms with Crippen LogP contribution < -0.4 is 5.73 Å². The molecule has 3 nitrogen and oxygen atoms in total. The van der Waals surface area contributed by atoms with Gasteiger partial charge in [-0.2, -0.15) is 0 Å². The van der Waals surface area contributed by atoms with Crippen LogP contribution in [0.5, 0.6) is 0 Å². The molecule has 2 aromatic heterocycles. The topological polar surface area (TPSA) is 43.8 Å². The molecule has 2 heterocycles. The monoisotopic (exact) mass is 335 g/mol. The van der Waals surface area contributed by atoms with Crippen LogP contribution in [0.1, 0.15) is 0 Å². The van der Waals surface area contributed by atoms with Gasteiger partial charge in [0.15, 0.2) is 0 Å². The van der Waals surface area contributed by atoms with Crippen LogP contribution in [0.15, 0.2) is 91.0 Å². The number of anilines is 1. The lowest BCUT2D eigenvalue weighted by atomic mass is 10.1. The van der Waals surface area contributed by atoms with Crippen molar-refractivity contribution in [3.05, 3.63) is 91.0 Å². The zero-order valence-electron chi connectivity index (χ0n) is 14.1. The number of nitrogens with two attached hydrogens (primary N) is 1. The van der Waals surface area contributed by atoms with Crippen molar-refractivity contribution in [1.29, 1.82) is 0 Å². The Hall–Kier alpha value is -3.59. The number of aromatic nitrogens is 2. The van der Waals surface area contributed by atoms with E-state index in [9.17, 15) is 0 Å². The SMILES string of the molecule is Nc1cccc(-c2ccc(-n3c4ccccc4c4ccccc43)cc2)n1. The smallest absolute Gasteiger partial charge is 0.124 e. The summed E-state index contributed by atoms with van der Waals surface area (Å²) in [4.78, 5) is 4.41. The first-order valence-electron chi connectivity index (χ1n) is 8.63.